The van der Waals surface area contributed by atoms with E-state index in [2.05, 4.69) is 5.32 Å². The summed E-state index contributed by atoms with van der Waals surface area (Å²) in [5.74, 6) is 0.170. The number of hydrogen-bond acceptors (Lipinski definition) is 4. The first-order valence-electron chi connectivity index (χ1n) is 6.57. The Kier molecular flexibility index (Phi) is 5.46. The van der Waals surface area contributed by atoms with Gasteiger partial charge in [0, 0.05) is 18.2 Å². The van der Waals surface area contributed by atoms with Crippen LogP contribution >= 0.6 is 23.2 Å². The van der Waals surface area contributed by atoms with E-state index in [1.165, 1.54) is 25.0 Å². The molecule has 1 aliphatic heterocycles. The third-order valence-electron chi connectivity index (χ3n) is 3.32. The van der Waals surface area contributed by atoms with Crippen LogP contribution in [0.3, 0.4) is 0 Å². The number of rotatable bonds is 6. The minimum atomic E-state index is -0.518. The predicted molar refractivity (Wildman–Crippen MR) is 78.9 cm³/mol. The fourth-order valence-electron chi connectivity index (χ4n) is 2.29. The number of nitro groups is 1. The van der Waals surface area contributed by atoms with E-state index in [1.54, 1.807) is 0 Å². The molecule has 1 fully saturated rings. The lowest BCUT2D eigenvalue weighted by Gasteiger charge is -2.11. The Balaban J connectivity index is 1.90. The summed E-state index contributed by atoms with van der Waals surface area (Å²) in [5.41, 5.74) is -0.154. The molecule has 110 valence electrons. The highest BCUT2D eigenvalue weighted by molar-refractivity contribution is 6.42. The van der Waals surface area contributed by atoms with Crippen molar-refractivity contribution in [1.82, 2.24) is 5.32 Å². The van der Waals surface area contributed by atoms with Crippen molar-refractivity contribution in [2.45, 2.75) is 31.7 Å². The van der Waals surface area contributed by atoms with Crippen LogP contribution in [0, 0.1) is 10.1 Å². The highest BCUT2D eigenvalue weighted by Crippen LogP contribution is 2.35. The summed E-state index contributed by atoms with van der Waals surface area (Å²) in [4.78, 5) is 10.4. The maximum Gasteiger partial charge on any atom is 0.312 e. The van der Waals surface area contributed by atoms with Gasteiger partial charge in [-0.1, -0.05) is 23.2 Å². The van der Waals surface area contributed by atoms with E-state index in [4.69, 9.17) is 27.9 Å². The maximum absolute atomic E-state index is 10.9. The smallest absolute Gasteiger partial charge is 0.312 e. The van der Waals surface area contributed by atoms with Crippen LogP contribution in [0.4, 0.5) is 5.69 Å². The highest BCUT2D eigenvalue weighted by Gasteiger charge is 2.19. The maximum atomic E-state index is 10.9. The molecule has 1 atom stereocenters. The van der Waals surface area contributed by atoms with Gasteiger partial charge in [0.2, 0.25) is 0 Å². The zero-order valence-corrected chi connectivity index (χ0v) is 12.4. The summed E-state index contributed by atoms with van der Waals surface area (Å²) in [6.45, 7) is 1.50. The molecule has 1 aromatic carbocycles. The van der Waals surface area contributed by atoms with Gasteiger partial charge in [-0.3, -0.25) is 10.1 Å². The molecule has 1 unspecified atom stereocenters. The lowest BCUT2D eigenvalue weighted by atomic mass is 10.1. The van der Waals surface area contributed by atoms with Crippen LogP contribution in [0.15, 0.2) is 12.1 Å². The average Bonchev–Trinajstić information content (AvgIpc) is 2.91. The van der Waals surface area contributed by atoms with Gasteiger partial charge in [-0.15, -0.1) is 0 Å². The van der Waals surface area contributed by atoms with Gasteiger partial charge in [0.25, 0.3) is 0 Å². The second-order valence-electron chi connectivity index (χ2n) is 4.78. The van der Waals surface area contributed by atoms with Gasteiger partial charge in [-0.2, -0.15) is 0 Å². The summed E-state index contributed by atoms with van der Waals surface area (Å²) in [5, 5.41) is 14.7. The molecule has 0 spiro atoms. The van der Waals surface area contributed by atoms with E-state index >= 15 is 0 Å². The van der Waals surface area contributed by atoms with Gasteiger partial charge in [-0.05, 0) is 32.2 Å². The number of hydrogen-bond donors (Lipinski definition) is 1. The van der Waals surface area contributed by atoms with E-state index in [9.17, 15) is 10.1 Å². The molecule has 2 rings (SSSR count). The summed E-state index contributed by atoms with van der Waals surface area (Å²) in [7, 11) is 0. The van der Waals surface area contributed by atoms with Crippen molar-refractivity contribution in [3.63, 3.8) is 0 Å². The SMILES string of the molecule is O=[N+]([O-])c1cc(Cl)c(Cl)cc1OCCCC1CCCN1. The summed E-state index contributed by atoms with van der Waals surface area (Å²) < 4.78 is 5.48. The first-order valence-corrected chi connectivity index (χ1v) is 7.33. The average molecular weight is 319 g/mol. The van der Waals surface area contributed by atoms with Gasteiger partial charge in [0.15, 0.2) is 5.75 Å². The number of nitrogens with one attached hydrogen (secondary N) is 1. The highest BCUT2D eigenvalue weighted by atomic mass is 35.5. The van der Waals surface area contributed by atoms with Crippen molar-refractivity contribution in [1.29, 1.82) is 0 Å². The Morgan fingerprint density at radius 1 is 1.40 bits per heavy atom. The summed E-state index contributed by atoms with van der Waals surface area (Å²) in [6, 6.07) is 3.16. The number of ether oxygens (including phenoxy) is 1. The molecule has 0 aromatic heterocycles. The number of benzene rings is 1. The van der Waals surface area contributed by atoms with Crippen LogP contribution in [-0.4, -0.2) is 24.1 Å². The van der Waals surface area contributed by atoms with Crippen molar-refractivity contribution in [2.75, 3.05) is 13.2 Å². The molecule has 5 nitrogen and oxygen atoms in total. The number of nitro benzene ring substituents is 1. The number of nitrogens with zero attached hydrogens (tertiary/aromatic N) is 1. The molecule has 0 aliphatic carbocycles. The lowest BCUT2D eigenvalue weighted by molar-refractivity contribution is -0.385. The molecule has 1 N–H and O–H groups in total. The van der Waals surface area contributed by atoms with Gasteiger partial charge < -0.3 is 10.1 Å². The van der Waals surface area contributed by atoms with Gasteiger partial charge >= 0.3 is 5.69 Å². The van der Waals surface area contributed by atoms with Crippen LogP contribution < -0.4 is 10.1 Å². The number of halogens is 2. The second-order valence-corrected chi connectivity index (χ2v) is 5.59. The van der Waals surface area contributed by atoms with Crippen LogP contribution in [0.5, 0.6) is 5.75 Å². The van der Waals surface area contributed by atoms with Crippen molar-refractivity contribution < 1.29 is 9.66 Å². The Bertz CT molecular complexity index is 491. The monoisotopic (exact) mass is 318 g/mol. The van der Waals surface area contributed by atoms with Crippen molar-refractivity contribution in [2.24, 2.45) is 0 Å². The third-order valence-corrected chi connectivity index (χ3v) is 4.04. The molecule has 0 bridgehead atoms. The van der Waals surface area contributed by atoms with E-state index in [0.29, 0.717) is 12.6 Å². The van der Waals surface area contributed by atoms with E-state index in [-0.39, 0.29) is 21.5 Å². The van der Waals surface area contributed by atoms with Gasteiger partial charge in [0.05, 0.1) is 21.6 Å². The molecule has 1 heterocycles. The molecule has 20 heavy (non-hydrogen) atoms. The van der Waals surface area contributed by atoms with Crippen LogP contribution in [0.2, 0.25) is 10.0 Å². The first-order chi connectivity index (χ1) is 9.58. The Morgan fingerprint density at radius 3 is 2.80 bits per heavy atom. The molecule has 1 aliphatic rings. The second kappa shape index (κ2) is 7.11. The predicted octanol–water partition coefficient (Wildman–Crippen LogP) is 3.81. The fraction of sp³-hybridized carbons (Fsp3) is 0.538. The van der Waals surface area contributed by atoms with Gasteiger partial charge in [0.1, 0.15) is 0 Å². The van der Waals surface area contributed by atoms with Crippen LogP contribution in [0.25, 0.3) is 0 Å². The zero-order valence-electron chi connectivity index (χ0n) is 10.9. The van der Waals surface area contributed by atoms with E-state index < -0.39 is 4.92 Å². The molecular weight excluding hydrogens is 303 g/mol. The zero-order chi connectivity index (χ0) is 14.5. The fourth-order valence-corrected chi connectivity index (χ4v) is 2.60. The first kappa shape index (κ1) is 15.4. The van der Waals surface area contributed by atoms with E-state index in [1.807, 2.05) is 0 Å². The Morgan fingerprint density at radius 2 is 2.15 bits per heavy atom. The quantitative estimate of drug-likeness (QED) is 0.492. The standard InChI is InChI=1S/C13H16Cl2N2O3/c14-10-7-12(17(18)19)13(8-11(10)15)20-6-2-4-9-3-1-5-16-9/h7-9,16H,1-6H2. The molecule has 0 radical (unpaired) electrons. The van der Waals surface area contributed by atoms with Crippen molar-refractivity contribution in [3.8, 4) is 5.75 Å². The Labute approximate surface area is 127 Å². The lowest BCUT2D eigenvalue weighted by Crippen LogP contribution is -2.21. The molecular formula is C13H16Cl2N2O3. The third kappa shape index (κ3) is 3.98. The topological polar surface area (TPSA) is 64.4 Å². The normalized spacial score (nSPS) is 18.2. The Hall–Kier alpha value is -1.04. The summed E-state index contributed by atoms with van der Waals surface area (Å²) in [6.07, 6.45) is 4.25. The van der Waals surface area contributed by atoms with Crippen LogP contribution in [0.1, 0.15) is 25.7 Å². The molecule has 1 saturated heterocycles. The molecule has 7 heteroatoms. The van der Waals surface area contributed by atoms with Crippen molar-refractivity contribution in [3.05, 3.63) is 32.3 Å². The van der Waals surface area contributed by atoms with Crippen molar-refractivity contribution >= 4 is 28.9 Å². The minimum Gasteiger partial charge on any atom is -0.487 e. The minimum absolute atomic E-state index is 0.154. The van der Waals surface area contributed by atoms with Crippen LogP contribution in [-0.2, 0) is 0 Å². The molecule has 1 aromatic rings. The molecule has 0 amide bonds. The molecule has 0 saturated carbocycles. The van der Waals surface area contributed by atoms with Gasteiger partial charge in [-0.25, -0.2) is 0 Å². The largest absolute Gasteiger partial charge is 0.487 e. The van der Waals surface area contributed by atoms with E-state index in [0.717, 1.165) is 19.4 Å². The summed E-state index contributed by atoms with van der Waals surface area (Å²) >= 11 is 11.6.